The van der Waals surface area contributed by atoms with Gasteiger partial charge in [0.05, 0.1) is 7.11 Å². The van der Waals surface area contributed by atoms with Crippen molar-refractivity contribution in [2.75, 3.05) is 7.11 Å². The highest BCUT2D eigenvalue weighted by Gasteiger charge is 1.86. The molecule has 0 aliphatic heterocycles. The topological polar surface area (TPSA) is 45.0 Å². The second-order valence-electron chi connectivity index (χ2n) is 1.83. The van der Waals surface area contributed by atoms with Gasteiger partial charge in [-0.1, -0.05) is 19.1 Å². The van der Waals surface area contributed by atoms with Gasteiger partial charge < -0.3 is 0 Å². The zero-order valence-electron chi connectivity index (χ0n) is 6.79. The van der Waals surface area contributed by atoms with Gasteiger partial charge in [-0.25, -0.2) is 0 Å². The third-order valence-electron chi connectivity index (χ3n) is 0.967. The number of hydroxylamine groups is 1. The van der Waals surface area contributed by atoms with Gasteiger partial charge in [0.1, 0.15) is 11.8 Å². The molecule has 60 valence electrons. The van der Waals surface area contributed by atoms with Crippen LogP contribution in [0.5, 0.6) is 0 Å². The van der Waals surface area contributed by atoms with Crippen LogP contribution in [0.3, 0.4) is 0 Å². The molecule has 0 aliphatic rings. The largest absolute Gasteiger partial charge is 0.279 e. The van der Waals surface area contributed by atoms with Gasteiger partial charge in [0.15, 0.2) is 0 Å². The summed E-state index contributed by atoms with van der Waals surface area (Å²) in [4.78, 5) is 4.55. The lowest BCUT2D eigenvalue weighted by atomic mass is 10.3. The van der Waals surface area contributed by atoms with E-state index in [1.54, 1.807) is 6.08 Å². The third-order valence-corrected chi connectivity index (χ3v) is 0.967. The van der Waals surface area contributed by atoms with Crippen LogP contribution < -0.4 is 5.48 Å². The van der Waals surface area contributed by atoms with Crippen LogP contribution in [0, 0.1) is 11.3 Å². The molecule has 0 saturated carbocycles. The van der Waals surface area contributed by atoms with Crippen molar-refractivity contribution >= 4 is 0 Å². The fourth-order valence-corrected chi connectivity index (χ4v) is 0.504. The Morgan fingerprint density at radius 2 is 2.45 bits per heavy atom. The SMILES string of the molecule is CC/C=C\C=C(\C#N)NOC. The molecule has 0 saturated heterocycles. The van der Waals surface area contributed by atoms with E-state index >= 15 is 0 Å². The van der Waals surface area contributed by atoms with Crippen molar-refractivity contribution in [1.82, 2.24) is 5.48 Å². The first-order valence-corrected chi connectivity index (χ1v) is 3.41. The maximum atomic E-state index is 8.46. The van der Waals surface area contributed by atoms with Crippen molar-refractivity contribution in [2.24, 2.45) is 0 Å². The van der Waals surface area contributed by atoms with E-state index < -0.39 is 0 Å². The molecule has 0 aromatic heterocycles. The highest BCUT2D eigenvalue weighted by molar-refractivity contribution is 5.22. The minimum atomic E-state index is 0.400. The average molecular weight is 152 g/mol. The predicted molar refractivity (Wildman–Crippen MR) is 43.3 cm³/mol. The zero-order valence-corrected chi connectivity index (χ0v) is 6.79. The van der Waals surface area contributed by atoms with E-state index in [-0.39, 0.29) is 0 Å². The summed E-state index contributed by atoms with van der Waals surface area (Å²) in [5, 5.41) is 8.46. The molecule has 0 fully saturated rings. The van der Waals surface area contributed by atoms with Gasteiger partial charge in [-0.3, -0.25) is 10.3 Å². The first kappa shape index (κ1) is 9.73. The van der Waals surface area contributed by atoms with Gasteiger partial charge in [-0.15, -0.1) is 0 Å². The fourth-order valence-electron chi connectivity index (χ4n) is 0.504. The summed E-state index contributed by atoms with van der Waals surface area (Å²) < 4.78 is 0. The zero-order chi connectivity index (χ0) is 8.53. The quantitative estimate of drug-likeness (QED) is 0.377. The lowest BCUT2D eigenvalue weighted by Gasteiger charge is -1.96. The molecule has 0 spiro atoms. The van der Waals surface area contributed by atoms with Gasteiger partial charge in [-0.05, 0) is 12.5 Å². The van der Waals surface area contributed by atoms with Crippen molar-refractivity contribution < 1.29 is 4.84 Å². The third kappa shape index (κ3) is 5.19. The molecule has 3 heteroatoms. The number of hydrogen-bond donors (Lipinski definition) is 1. The summed E-state index contributed by atoms with van der Waals surface area (Å²) in [6, 6.07) is 1.94. The lowest BCUT2D eigenvalue weighted by Crippen LogP contribution is -2.08. The van der Waals surface area contributed by atoms with Crippen molar-refractivity contribution in [2.45, 2.75) is 13.3 Å². The number of nitrogens with zero attached hydrogens (tertiary/aromatic N) is 1. The molecule has 0 rings (SSSR count). The predicted octanol–water partition coefficient (Wildman–Crippen LogP) is 1.51. The van der Waals surface area contributed by atoms with Crippen LogP contribution in [0.25, 0.3) is 0 Å². The maximum absolute atomic E-state index is 8.46. The Morgan fingerprint density at radius 3 is 2.91 bits per heavy atom. The van der Waals surface area contributed by atoms with Crippen LogP contribution in [0.15, 0.2) is 23.9 Å². The molecule has 11 heavy (non-hydrogen) atoms. The Morgan fingerprint density at radius 1 is 1.73 bits per heavy atom. The van der Waals surface area contributed by atoms with Crippen molar-refractivity contribution in [3.05, 3.63) is 23.9 Å². The molecule has 0 heterocycles. The second-order valence-corrected chi connectivity index (χ2v) is 1.83. The number of rotatable bonds is 4. The van der Waals surface area contributed by atoms with Crippen molar-refractivity contribution in [3.8, 4) is 6.07 Å². The van der Waals surface area contributed by atoms with Gasteiger partial charge >= 0.3 is 0 Å². The molecule has 0 unspecified atom stereocenters. The molecule has 0 amide bonds. The Labute approximate surface area is 66.9 Å². The Kier molecular flexibility index (Phi) is 6.05. The monoisotopic (exact) mass is 152 g/mol. The average Bonchev–Trinajstić information content (AvgIpc) is 2.03. The van der Waals surface area contributed by atoms with Gasteiger partial charge in [0, 0.05) is 0 Å². The standard InChI is InChI=1S/C8H12N2O/c1-3-4-5-6-8(7-9)10-11-2/h4-6,10H,3H2,1-2H3/b5-4-,8-6-. The van der Waals surface area contributed by atoms with E-state index in [4.69, 9.17) is 5.26 Å². The highest BCUT2D eigenvalue weighted by atomic mass is 16.6. The van der Waals surface area contributed by atoms with Crippen LogP contribution in [0.1, 0.15) is 13.3 Å². The van der Waals surface area contributed by atoms with Gasteiger partial charge in [0.2, 0.25) is 0 Å². The Balaban J connectivity index is 3.93. The molecule has 0 aromatic carbocycles. The fraction of sp³-hybridized carbons (Fsp3) is 0.375. The summed E-state index contributed by atoms with van der Waals surface area (Å²) in [5.74, 6) is 0. The summed E-state index contributed by atoms with van der Waals surface area (Å²) >= 11 is 0. The minimum Gasteiger partial charge on any atom is -0.279 e. The Hall–Kier alpha value is -1.27. The molecule has 1 N–H and O–H groups in total. The van der Waals surface area contributed by atoms with Crippen LogP contribution in [0.2, 0.25) is 0 Å². The number of allylic oxidation sites excluding steroid dienone is 4. The van der Waals surface area contributed by atoms with E-state index in [1.165, 1.54) is 7.11 Å². The molecular formula is C8H12N2O. The van der Waals surface area contributed by atoms with Gasteiger partial charge in [0.25, 0.3) is 0 Å². The molecule has 0 aliphatic carbocycles. The molecule has 3 nitrogen and oxygen atoms in total. The summed E-state index contributed by atoms with van der Waals surface area (Å²) in [7, 11) is 1.47. The molecular weight excluding hydrogens is 140 g/mol. The highest BCUT2D eigenvalue weighted by Crippen LogP contribution is 1.88. The minimum absolute atomic E-state index is 0.400. The van der Waals surface area contributed by atoms with Crippen LogP contribution in [-0.2, 0) is 4.84 Å². The summed E-state index contributed by atoms with van der Waals surface area (Å²) in [5.41, 5.74) is 2.84. The van der Waals surface area contributed by atoms with Crippen molar-refractivity contribution in [1.29, 1.82) is 5.26 Å². The number of nitrogens with one attached hydrogen (secondary N) is 1. The molecule has 0 radical (unpaired) electrons. The van der Waals surface area contributed by atoms with E-state index in [0.717, 1.165) is 6.42 Å². The van der Waals surface area contributed by atoms with E-state index in [0.29, 0.717) is 5.70 Å². The van der Waals surface area contributed by atoms with Crippen LogP contribution in [0.4, 0.5) is 0 Å². The smallest absolute Gasteiger partial charge is 0.137 e. The first-order valence-electron chi connectivity index (χ1n) is 3.41. The summed E-state index contributed by atoms with van der Waals surface area (Å²) in [6.07, 6.45) is 6.38. The van der Waals surface area contributed by atoms with E-state index in [2.05, 4.69) is 10.3 Å². The molecule has 0 bridgehead atoms. The van der Waals surface area contributed by atoms with Gasteiger partial charge in [-0.2, -0.15) is 5.26 Å². The van der Waals surface area contributed by atoms with Crippen LogP contribution >= 0.6 is 0 Å². The van der Waals surface area contributed by atoms with Crippen LogP contribution in [-0.4, -0.2) is 7.11 Å². The van der Waals surface area contributed by atoms with E-state index in [1.807, 2.05) is 25.1 Å². The van der Waals surface area contributed by atoms with Crippen molar-refractivity contribution in [3.63, 3.8) is 0 Å². The Bertz CT molecular complexity index is 189. The maximum Gasteiger partial charge on any atom is 0.137 e. The number of nitriles is 1. The summed E-state index contributed by atoms with van der Waals surface area (Å²) in [6.45, 7) is 2.03. The van der Waals surface area contributed by atoms with E-state index in [9.17, 15) is 0 Å². The normalized spacial score (nSPS) is 11.5. The number of hydrogen-bond acceptors (Lipinski definition) is 3. The molecule has 0 atom stereocenters. The molecule has 0 aromatic rings. The first-order chi connectivity index (χ1) is 5.35. The second kappa shape index (κ2) is 6.84. The lowest BCUT2D eigenvalue weighted by molar-refractivity contribution is 0.122.